The van der Waals surface area contributed by atoms with Gasteiger partial charge < -0.3 is 10.4 Å². The minimum Gasteiger partial charge on any atom is -0.392 e. The Bertz CT molecular complexity index is 309. The molecule has 2 atom stereocenters. The van der Waals surface area contributed by atoms with E-state index in [1.54, 1.807) is 0 Å². The number of rotatable bonds is 5. The van der Waals surface area contributed by atoms with Crippen LogP contribution in [-0.4, -0.2) is 27.8 Å². The molecule has 1 heterocycles. The lowest BCUT2D eigenvalue weighted by atomic mass is 9.96. The van der Waals surface area contributed by atoms with Gasteiger partial charge in [0, 0.05) is 24.0 Å². The van der Waals surface area contributed by atoms with E-state index in [1.807, 2.05) is 45.3 Å². The number of aliphatic hydroxyl groups is 1. The largest absolute Gasteiger partial charge is 0.392 e. The number of aliphatic hydroxyl groups excluding tert-OH is 1. The van der Waals surface area contributed by atoms with Gasteiger partial charge in [0.25, 0.3) is 0 Å². The van der Waals surface area contributed by atoms with Crippen molar-refractivity contribution in [2.24, 2.45) is 0 Å². The molecule has 0 bridgehead atoms. The Morgan fingerprint density at radius 1 is 1.31 bits per heavy atom. The molecule has 1 rings (SSSR count). The van der Waals surface area contributed by atoms with Crippen molar-refractivity contribution >= 4 is 0 Å². The second kappa shape index (κ2) is 5.41. The summed E-state index contributed by atoms with van der Waals surface area (Å²) in [5.41, 5.74) is 1.00. The third kappa shape index (κ3) is 3.91. The molecule has 0 fully saturated rings. The van der Waals surface area contributed by atoms with Gasteiger partial charge in [-0.25, -0.2) is 0 Å². The molecule has 0 aliphatic carbocycles. The van der Waals surface area contributed by atoms with Crippen molar-refractivity contribution < 1.29 is 5.11 Å². The second-order valence-corrected chi connectivity index (χ2v) is 5.00. The van der Waals surface area contributed by atoms with Crippen LogP contribution in [0.25, 0.3) is 0 Å². The summed E-state index contributed by atoms with van der Waals surface area (Å²) in [6.07, 6.45) is 4.19. The van der Waals surface area contributed by atoms with Gasteiger partial charge >= 0.3 is 0 Å². The van der Waals surface area contributed by atoms with E-state index < -0.39 is 0 Å². The first kappa shape index (κ1) is 13.1. The maximum Gasteiger partial charge on any atom is 0.0688 e. The van der Waals surface area contributed by atoms with Gasteiger partial charge in [0.05, 0.1) is 6.10 Å². The highest BCUT2D eigenvalue weighted by Crippen LogP contribution is 2.11. The average molecular weight is 222 g/mol. The molecule has 0 saturated heterocycles. The number of aromatic nitrogens is 1. The molecule has 2 unspecified atom stereocenters. The van der Waals surface area contributed by atoms with Crippen LogP contribution in [0, 0.1) is 0 Å². The van der Waals surface area contributed by atoms with Crippen LogP contribution >= 0.6 is 0 Å². The molecule has 3 nitrogen and oxygen atoms in total. The van der Waals surface area contributed by atoms with Gasteiger partial charge in [-0.3, -0.25) is 4.98 Å². The predicted molar refractivity (Wildman–Crippen MR) is 66.3 cm³/mol. The summed E-state index contributed by atoms with van der Waals surface area (Å²) >= 11 is 0. The van der Waals surface area contributed by atoms with Gasteiger partial charge in [0.1, 0.15) is 0 Å². The number of hydrogen-bond acceptors (Lipinski definition) is 3. The molecule has 16 heavy (non-hydrogen) atoms. The maximum absolute atomic E-state index is 9.62. The van der Waals surface area contributed by atoms with E-state index in [2.05, 4.69) is 17.2 Å². The summed E-state index contributed by atoms with van der Waals surface area (Å²) in [4.78, 5) is 4.00. The molecule has 0 saturated carbocycles. The standard InChI is InChI=1S/C13H22N2O/c1-10(15-13(3,4)11(2)16)9-12-5-7-14-8-6-12/h5-8,10-11,15-16H,9H2,1-4H3. The van der Waals surface area contributed by atoms with E-state index in [-0.39, 0.29) is 11.6 Å². The van der Waals surface area contributed by atoms with Gasteiger partial charge in [-0.2, -0.15) is 0 Å². The fraction of sp³-hybridized carbons (Fsp3) is 0.615. The monoisotopic (exact) mass is 222 g/mol. The Morgan fingerprint density at radius 2 is 1.88 bits per heavy atom. The highest BCUT2D eigenvalue weighted by atomic mass is 16.3. The van der Waals surface area contributed by atoms with Gasteiger partial charge in [0.2, 0.25) is 0 Å². The number of nitrogens with zero attached hydrogens (tertiary/aromatic N) is 1. The van der Waals surface area contributed by atoms with Crippen molar-refractivity contribution in [3.8, 4) is 0 Å². The van der Waals surface area contributed by atoms with Gasteiger partial charge in [-0.15, -0.1) is 0 Å². The minimum absolute atomic E-state index is 0.257. The summed E-state index contributed by atoms with van der Waals surface area (Å²) in [7, 11) is 0. The van der Waals surface area contributed by atoms with Crippen LogP contribution in [0.2, 0.25) is 0 Å². The summed E-state index contributed by atoms with van der Waals surface area (Å²) < 4.78 is 0. The second-order valence-electron chi connectivity index (χ2n) is 5.00. The molecule has 0 aliphatic rings. The fourth-order valence-corrected chi connectivity index (χ4v) is 1.68. The number of hydrogen-bond donors (Lipinski definition) is 2. The Kier molecular flexibility index (Phi) is 4.44. The third-order valence-electron chi connectivity index (χ3n) is 2.95. The van der Waals surface area contributed by atoms with Crippen molar-refractivity contribution in [1.82, 2.24) is 10.3 Å². The zero-order valence-corrected chi connectivity index (χ0v) is 10.6. The molecule has 0 aromatic carbocycles. The molecule has 0 spiro atoms. The summed E-state index contributed by atoms with van der Waals surface area (Å²) in [6, 6.07) is 4.37. The minimum atomic E-state index is -0.368. The smallest absolute Gasteiger partial charge is 0.0688 e. The molecular weight excluding hydrogens is 200 g/mol. The Hall–Kier alpha value is -0.930. The molecular formula is C13H22N2O. The highest BCUT2D eigenvalue weighted by Gasteiger charge is 2.25. The van der Waals surface area contributed by atoms with Gasteiger partial charge in [0.15, 0.2) is 0 Å². The van der Waals surface area contributed by atoms with E-state index in [4.69, 9.17) is 0 Å². The molecule has 1 aromatic rings. The highest BCUT2D eigenvalue weighted by molar-refractivity contribution is 5.11. The lowest BCUT2D eigenvalue weighted by Crippen LogP contribution is -2.52. The molecule has 2 N–H and O–H groups in total. The van der Waals surface area contributed by atoms with E-state index in [0.29, 0.717) is 6.04 Å². The van der Waals surface area contributed by atoms with E-state index in [1.165, 1.54) is 5.56 Å². The first-order valence-electron chi connectivity index (χ1n) is 5.76. The number of nitrogens with one attached hydrogen (secondary N) is 1. The first-order valence-corrected chi connectivity index (χ1v) is 5.76. The van der Waals surface area contributed by atoms with Crippen molar-refractivity contribution in [1.29, 1.82) is 0 Å². The van der Waals surface area contributed by atoms with E-state index >= 15 is 0 Å². The van der Waals surface area contributed by atoms with E-state index in [0.717, 1.165) is 6.42 Å². The van der Waals surface area contributed by atoms with Crippen LogP contribution in [-0.2, 0) is 6.42 Å². The Morgan fingerprint density at radius 3 is 2.38 bits per heavy atom. The topological polar surface area (TPSA) is 45.2 Å². The average Bonchev–Trinajstić information content (AvgIpc) is 2.17. The molecule has 0 radical (unpaired) electrons. The lowest BCUT2D eigenvalue weighted by Gasteiger charge is -2.33. The van der Waals surface area contributed by atoms with Crippen molar-refractivity contribution in [3.05, 3.63) is 30.1 Å². The van der Waals surface area contributed by atoms with Crippen molar-refractivity contribution in [2.45, 2.75) is 51.8 Å². The van der Waals surface area contributed by atoms with Gasteiger partial charge in [-0.05, 0) is 51.8 Å². The predicted octanol–water partition coefficient (Wildman–Crippen LogP) is 1.76. The molecule has 1 aromatic heterocycles. The maximum atomic E-state index is 9.62. The summed E-state index contributed by atoms with van der Waals surface area (Å²) in [5.74, 6) is 0. The fourth-order valence-electron chi connectivity index (χ4n) is 1.68. The molecule has 3 heteroatoms. The van der Waals surface area contributed by atoms with Crippen LogP contribution in [0.15, 0.2) is 24.5 Å². The summed E-state index contributed by atoms with van der Waals surface area (Å²) in [6.45, 7) is 7.97. The lowest BCUT2D eigenvalue weighted by molar-refractivity contribution is 0.0895. The van der Waals surface area contributed by atoms with Crippen LogP contribution in [0.1, 0.15) is 33.3 Å². The van der Waals surface area contributed by atoms with Crippen LogP contribution < -0.4 is 5.32 Å². The normalized spacial score (nSPS) is 15.8. The zero-order chi connectivity index (χ0) is 12.2. The molecule has 0 amide bonds. The van der Waals surface area contributed by atoms with Crippen LogP contribution in [0.3, 0.4) is 0 Å². The molecule has 90 valence electrons. The summed E-state index contributed by atoms with van der Waals surface area (Å²) in [5, 5.41) is 13.1. The Labute approximate surface area is 97.9 Å². The number of pyridine rings is 1. The van der Waals surface area contributed by atoms with Crippen LogP contribution in [0.5, 0.6) is 0 Å². The zero-order valence-electron chi connectivity index (χ0n) is 10.6. The third-order valence-corrected chi connectivity index (χ3v) is 2.95. The SMILES string of the molecule is CC(Cc1ccncc1)NC(C)(C)C(C)O. The quantitative estimate of drug-likeness (QED) is 0.798. The van der Waals surface area contributed by atoms with Crippen LogP contribution in [0.4, 0.5) is 0 Å². The van der Waals surface area contributed by atoms with Crippen molar-refractivity contribution in [2.75, 3.05) is 0 Å². The van der Waals surface area contributed by atoms with Crippen molar-refractivity contribution in [3.63, 3.8) is 0 Å². The van der Waals surface area contributed by atoms with E-state index in [9.17, 15) is 5.11 Å². The Balaban J connectivity index is 2.51. The van der Waals surface area contributed by atoms with Gasteiger partial charge in [-0.1, -0.05) is 0 Å². The molecule has 0 aliphatic heterocycles. The first-order chi connectivity index (χ1) is 7.42.